The Bertz CT molecular complexity index is 281. The van der Waals surface area contributed by atoms with E-state index < -0.39 is 20.0 Å². The first-order chi connectivity index (χ1) is 5.55. The Labute approximate surface area is 74.1 Å². The molecule has 5 N–H and O–H groups in total. The van der Waals surface area contributed by atoms with Gasteiger partial charge in [-0.05, 0) is 0 Å². The molecule has 1 heterocycles. The molecule has 0 saturated carbocycles. The molecule has 0 fully saturated rings. The lowest BCUT2D eigenvalue weighted by atomic mass is 10.6. The number of aliphatic hydroxyl groups excluding tert-OH is 1. The van der Waals surface area contributed by atoms with Crippen LogP contribution in [0.5, 0.6) is 0 Å². The summed E-state index contributed by atoms with van der Waals surface area (Å²) < 4.78 is 11.9. The zero-order chi connectivity index (χ0) is 9.19. The highest BCUT2D eigenvalue weighted by Crippen LogP contribution is 2.48. The number of imidazole rings is 1. The van der Waals surface area contributed by atoms with Crippen LogP contribution in [0.15, 0.2) is 18.7 Å². The monoisotopic (exact) mass is 210 g/mol. The Balaban J connectivity index is 0.00000144. The Morgan fingerprint density at radius 2 is 2.15 bits per heavy atom. The molecule has 1 aromatic rings. The molecule has 8 heteroatoms. The zero-order valence-electron chi connectivity index (χ0n) is 6.61. The molecule has 0 saturated heterocycles. The van der Waals surface area contributed by atoms with Gasteiger partial charge in [-0.3, -0.25) is 4.57 Å². The van der Waals surface area contributed by atoms with Crippen LogP contribution in [-0.2, 0) is 4.57 Å². The highest BCUT2D eigenvalue weighted by Gasteiger charge is 2.29. The first-order valence-corrected chi connectivity index (χ1v) is 4.87. The molecule has 0 bridgehead atoms. The molecule has 0 aliphatic heterocycles. The van der Waals surface area contributed by atoms with Crippen LogP contribution in [0.25, 0.3) is 0 Å². The molecule has 0 aliphatic carbocycles. The van der Waals surface area contributed by atoms with Gasteiger partial charge in [-0.25, -0.2) is 4.98 Å². The number of nitrogens with zero attached hydrogens (tertiary/aromatic N) is 2. The number of rotatable bonds is 3. The average molecular weight is 210 g/mol. The summed E-state index contributed by atoms with van der Waals surface area (Å²) in [6.07, 6.45) is 4.03. The van der Waals surface area contributed by atoms with Crippen molar-refractivity contribution < 1.29 is 24.9 Å². The smallest absolute Gasteiger partial charge is 0.350 e. The minimum absolute atomic E-state index is 0. The molecule has 0 amide bonds. The molecule has 13 heavy (non-hydrogen) atoms. The van der Waals surface area contributed by atoms with E-state index in [-0.39, 0.29) is 5.48 Å². The van der Waals surface area contributed by atoms with E-state index in [0.29, 0.717) is 0 Å². The number of hydrogen-bond acceptors (Lipinski definition) is 3. The third-order valence-corrected chi connectivity index (χ3v) is 2.63. The molecular formula is C5H11N2O5P. The van der Waals surface area contributed by atoms with Gasteiger partial charge in [-0.15, -0.1) is 0 Å². The molecule has 0 aliphatic rings. The maximum Gasteiger partial charge on any atom is 0.350 e. The van der Waals surface area contributed by atoms with Crippen molar-refractivity contribution in [2.45, 2.75) is 5.78 Å². The first-order valence-electron chi connectivity index (χ1n) is 3.19. The third kappa shape index (κ3) is 2.91. The summed E-state index contributed by atoms with van der Waals surface area (Å²) in [5.41, 5.74) is 0. The Kier molecular flexibility index (Phi) is 4.25. The number of aromatic nitrogens is 2. The lowest BCUT2D eigenvalue weighted by molar-refractivity contribution is 0.237. The van der Waals surface area contributed by atoms with Crippen LogP contribution in [0.2, 0.25) is 0 Å². The second-order valence-electron chi connectivity index (χ2n) is 2.26. The molecule has 1 rings (SSSR count). The van der Waals surface area contributed by atoms with Gasteiger partial charge >= 0.3 is 7.60 Å². The molecule has 0 aromatic carbocycles. The van der Waals surface area contributed by atoms with Crippen molar-refractivity contribution in [1.82, 2.24) is 9.55 Å². The molecule has 76 valence electrons. The minimum Gasteiger partial charge on any atom is -0.412 e. The summed E-state index contributed by atoms with van der Waals surface area (Å²) >= 11 is 0. The van der Waals surface area contributed by atoms with Crippen molar-refractivity contribution in [2.24, 2.45) is 0 Å². The van der Waals surface area contributed by atoms with Gasteiger partial charge in [0.1, 0.15) is 0 Å². The van der Waals surface area contributed by atoms with Gasteiger partial charge in [0.15, 0.2) is 5.78 Å². The second-order valence-corrected chi connectivity index (χ2v) is 4.04. The van der Waals surface area contributed by atoms with E-state index in [0.717, 1.165) is 0 Å². The van der Waals surface area contributed by atoms with Crippen LogP contribution in [0, 0.1) is 0 Å². The lowest BCUT2D eigenvalue weighted by Crippen LogP contribution is -2.11. The largest absolute Gasteiger partial charge is 0.412 e. The van der Waals surface area contributed by atoms with Crippen LogP contribution in [0.4, 0.5) is 0 Å². The standard InChI is InChI=1S/C5H9N2O4P.H2O/c8-3-5(12(9,10)11)7-2-1-6-4-7;/h1-2,4-5,8H,3H2,(H2,9,10,11);1H2. The molecule has 7 nitrogen and oxygen atoms in total. The van der Waals surface area contributed by atoms with Crippen molar-refractivity contribution in [2.75, 3.05) is 6.61 Å². The molecule has 0 radical (unpaired) electrons. The fourth-order valence-corrected chi connectivity index (χ4v) is 1.52. The van der Waals surface area contributed by atoms with E-state index in [9.17, 15) is 4.57 Å². The van der Waals surface area contributed by atoms with Gasteiger partial charge in [0.25, 0.3) is 0 Å². The summed E-state index contributed by atoms with van der Waals surface area (Å²) in [5.74, 6) is -1.22. The van der Waals surface area contributed by atoms with E-state index in [1.165, 1.54) is 23.3 Å². The lowest BCUT2D eigenvalue weighted by Gasteiger charge is -2.16. The van der Waals surface area contributed by atoms with Gasteiger partial charge < -0.3 is 24.9 Å². The van der Waals surface area contributed by atoms with Gasteiger partial charge in [0.05, 0.1) is 12.9 Å². The molecule has 1 unspecified atom stereocenters. The van der Waals surface area contributed by atoms with Crippen LogP contribution in [0.1, 0.15) is 5.78 Å². The quantitative estimate of drug-likeness (QED) is 0.536. The third-order valence-electron chi connectivity index (χ3n) is 1.42. The predicted octanol–water partition coefficient (Wildman–Crippen LogP) is -1.27. The van der Waals surface area contributed by atoms with Gasteiger partial charge in [0.2, 0.25) is 0 Å². The van der Waals surface area contributed by atoms with Gasteiger partial charge in [0, 0.05) is 12.4 Å². The van der Waals surface area contributed by atoms with Gasteiger partial charge in [-0.1, -0.05) is 0 Å². The summed E-state index contributed by atoms with van der Waals surface area (Å²) in [6, 6.07) is 0. The number of hydrogen-bond donors (Lipinski definition) is 3. The van der Waals surface area contributed by atoms with E-state index in [1.54, 1.807) is 0 Å². The Hall–Kier alpha value is -0.720. The minimum atomic E-state index is -4.29. The summed E-state index contributed by atoms with van der Waals surface area (Å²) in [7, 11) is -4.29. The van der Waals surface area contributed by atoms with E-state index in [2.05, 4.69) is 4.98 Å². The van der Waals surface area contributed by atoms with Crippen molar-refractivity contribution >= 4 is 7.60 Å². The molecule has 0 spiro atoms. The number of aliphatic hydroxyl groups is 1. The summed E-state index contributed by atoms with van der Waals surface area (Å²) in [6.45, 7) is -0.610. The van der Waals surface area contributed by atoms with Crippen LogP contribution in [-0.4, -0.2) is 36.5 Å². The topological polar surface area (TPSA) is 127 Å². The zero-order valence-corrected chi connectivity index (χ0v) is 7.50. The maximum absolute atomic E-state index is 10.7. The molecule has 1 aromatic heterocycles. The van der Waals surface area contributed by atoms with E-state index in [4.69, 9.17) is 14.9 Å². The highest BCUT2D eigenvalue weighted by atomic mass is 31.2. The maximum atomic E-state index is 10.7. The van der Waals surface area contributed by atoms with Crippen LogP contribution in [0.3, 0.4) is 0 Å². The molecular weight excluding hydrogens is 199 g/mol. The molecule has 1 atom stereocenters. The summed E-state index contributed by atoms with van der Waals surface area (Å²) in [4.78, 5) is 21.1. The van der Waals surface area contributed by atoms with Gasteiger partial charge in [-0.2, -0.15) is 0 Å². The van der Waals surface area contributed by atoms with E-state index in [1.807, 2.05) is 0 Å². The van der Waals surface area contributed by atoms with Crippen molar-refractivity contribution in [3.05, 3.63) is 18.7 Å². The van der Waals surface area contributed by atoms with E-state index >= 15 is 0 Å². The fraction of sp³-hybridized carbons (Fsp3) is 0.400. The van der Waals surface area contributed by atoms with Crippen molar-refractivity contribution in [1.29, 1.82) is 0 Å². The average Bonchev–Trinajstić information content (AvgIpc) is 2.38. The SMILES string of the molecule is O.O=P(O)(O)C(CO)n1ccnc1. The highest BCUT2D eigenvalue weighted by molar-refractivity contribution is 7.51. The first kappa shape index (κ1) is 12.3. The normalized spacial score (nSPS) is 13.5. The second kappa shape index (κ2) is 4.50. The Morgan fingerprint density at radius 3 is 2.46 bits per heavy atom. The van der Waals surface area contributed by atoms with Crippen LogP contribution < -0.4 is 0 Å². The fourth-order valence-electron chi connectivity index (χ4n) is 0.820. The summed E-state index contributed by atoms with van der Waals surface area (Å²) in [5, 5.41) is 8.69. The van der Waals surface area contributed by atoms with Crippen LogP contribution >= 0.6 is 7.60 Å². The van der Waals surface area contributed by atoms with Crippen molar-refractivity contribution in [3.63, 3.8) is 0 Å². The predicted molar refractivity (Wildman–Crippen MR) is 44.0 cm³/mol. The Morgan fingerprint density at radius 1 is 1.54 bits per heavy atom. The van der Waals surface area contributed by atoms with Crippen molar-refractivity contribution in [3.8, 4) is 0 Å².